The summed E-state index contributed by atoms with van der Waals surface area (Å²) >= 11 is 6.55. The van der Waals surface area contributed by atoms with E-state index in [9.17, 15) is 4.79 Å². The summed E-state index contributed by atoms with van der Waals surface area (Å²) in [7, 11) is 3.25. The third kappa shape index (κ3) is 3.63. The van der Waals surface area contributed by atoms with E-state index in [0.29, 0.717) is 23.1 Å². The zero-order chi connectivity index (χ0) is 19.8. The zero-order valence-corrected chi connectivity index (χ0v) is 17.3. The van der Waals surface area contributed by atoms with Crippen LogP contribution in [0.5, 0.6) is 11.5 Å². The van der Waals surface area contributed by atoms with Gasteiger partial charge in [-0.3, -0.25) is 4.79 Å². The molecule has 2 aromatic carbocycles. The SMILES string of the molecule is COc1cc2c(cc1OC)[C@H](c1ccccc1Cl)N(C(=O)C(C)(C)C)CC2. The van der Waals surface area contributed by atoms with Gasteiger partial charge in [-0.15, -0.1) is 0 Å². The molecule has 1 aliphatic rings. The Morgan fingerprint density at radius 2 is 1.70 bits per heavy atom. The Labute approximate surface area is 166 Å². The third-order valence-corrected chi connectivity index (χ3v) is 5.32. The molecule has 1 heterocycles. The molecule has 0 spiro atoms. The quantitative estimate of drug-likeness (QED) is 0.753. The maximum absolute atomic E-state index is 13.2. The first-order valence-electron chi connectivity index (χ1n) is 9.08. The number of rotatable bonds is 3. The molecule has 27 heavy (non-hydrogen) atoms. The predicted octanol–water partition coefficient (Wildman–Crippen LogP) is 4.88. The number of ether oxygens (including phenoxy) is 2. The molecule has 1 amide bonds. The second kappa shape index (κ2) is 7.43. The third-order valence-electron chi connectivity index (χ3n) is 4.98. The van der Waals surface area contributed by atoms with Gasteiger partial charge in [0.15, 0.2) is 11.5 Å². The highest BCUT2D eigenvalue weighted by Gasteiger charge is 2.38. The van der Waals surface area contributed by atoms with Crippen molar-refractivity contribution in [1.82, 2.24) is 4.90 Å². The summed E-state index contributed by atoms with van der Waals surface area (Å²) in [6.45, 7) is 6.48. The van der Waals surface area contributed by atoms with Crippen molar-refractivity contribution < 1.29 is 14.3 Å². The van der Waals surface area contributed by atoms with Crippen molar-refractivity contribution >= 4 is 17.5 Å². The van der Waals surface area contributed by atoms with Gasteiger partial charge in [-0.05, 0) is 41.3 Å². The van der Waals surface area contributed by atoms with Gasteiger partial charge in [-0.25, -0.2) is 0 Å². The number of benzene rings is 2. The number of carbonyl (C=O) groups excluding carboxylic acids is 1. The molecule has 0 saturated heterocycles. The van der Waals surface area contributed by atoms with Gasteiger partial charge in [-0.1, -0.05) is 50.6 Å². The molecule has 0 unspecified atom stereocenters. The van der Waals surface area contributed by atoms with E-state index in [1.807, 2.05) is 62.1 Å². The number of hydrogen-bond acceptors (Lipinski definition) is 3. The first kappa shape index (κ1) is 19.6. The largest absolute Gasteiger partial charge is 0.493 e. The summed E-state index contributed by atoms with van der Waals surface area (Å²) in [6, 6.07) is 11.4. The highest BCUT2D eigenvalue weighted by molar-refractivity contribution is 6.31. The monoisotopic (exact) mass is 387 g/mol. The van der Waals surface area contributed by atoms with Crippen molar-refractivity contribution in [3.8, 4) is 11.5 Å². The molecule has 0 saturated carbocycles. The second-order valence-corrected chi connectivity index (χ2v) is 8.24. The molecule has 0 aromatic heterocycles. The first-order valence-corrected chi connectivity index (χ1v) is 9.46. The number of fused-ring (bicyclic) bond motifs is 1. The van der Waals surface area contributed by atoms with E-state index in [1.54, 1.807) is 14.2 Å². The topological polar surface area (TPSA) is 38.8 Å². The number of halogens is 1. The van der Waals surface area contributed by atoms with Crippen molar-refractivity contribution in [2.45, 2.75) is 33.2 Å². The average molecular weight is 388 g/mol. The Bertz CT molecular complexity index is 857. The van der Waals surface area contributed by atoms with Crippen LogP contribution in [0.4, 0.5) is 0 Å². The summed E-state index contributed by atoms with van der Waals surface area (Å²) < 4.78 is 11.0. The average Bonchev–Trinajstić information content (AvgIpc) is 2.65. The summed E-state index contributed by atoms with van der Waals surface area (Å²) in [5.41, 5.74) is 2.62. The second-order valence-electron chi connectivity index (χ2n) is 7.83. The van der Waals surface area contributed by atoms with Crippen LogP contribution >= 0.6 is 11.6 Å². The molecule has 0 aliphatic carbocycles. The van der Waals surface area contributed by atoms with Crippen LogP contribution in [0, 0.1) is 5.41 Å². The smallest absolute Gasteiger partial charge is 0.228 e. The van der Waals surface area contributed by atoms with Crippen molar-refractivity contribution in [1.29, 1.82) is 0 Å². The fourth-order valence-corrected chi connectivity index (χ4v) is 3.87. The Kier molecular flexibility index (Phi) is 5.38. The number of nitrogens with zero attached hydrogens (tertiary/aromatic N) is 1. The van der Waals surface area contributed by atoms with Gasteiger partial charge in [0.05, 0.1) is 20.3 Å². The van der Waals surface area contributed by atoms with E-state index in [2.05, 4.69) is 0 Å². The predicted molar refractivity (Wildman–Crippen MR) is 108 cm³/mol. The zero-order valence-electron chi connectivity index (χ0n) is 16.5. The highest BCUT2D eigenvalue weighted by atomic mass is 35.5. The fourth-order valence-electron chi connectivity index (χ4n) is 3.63. The van der Waals surface area contributed by atoms with Gasteiger partial charge in [0.25, 0.3) is 0 Å². The van der Waals surface area contributed by atoms with Gasteiger partial charge >= 0.3 is 0 Å². The minimum Gasteiger partial charge on any atom is -0.493 e. The molecule has 144 valence electrons. The highest BCUT2D eigenvalue weighted by Crippen LogP contribution is 2.43. The standard InChI is InChI=1S/C22H26ClNO3/c1-22(2,3)21(25)24-11-10-14-12-18(26-4)19(27-5)13-16(14)20(24)15-8-6-7-9-17(15)23/h6-9,12-13,20H,10-11H2,1-5H3/t20-/m0/s1. The molecule has 4 nitrogen and oxygen atoms in total. The lowest BCUT2D eigenvalue weighted by molar-refractivity contribution is -0.141. The number of hydrogen-bond donors (Lipinski definition) is 0. The van der Waals surface area contributed by atoms with E-state index in [1.165, 1.54) is 0 Å². The van der Waals surface area contributed by atoms with Crippen LogP contribution in [0.2, 0.25) is 5.02 Å². The summed E-state index contributed by atoms with van der Waals surface area (Å²) in [4.78, 5) is 15.2. The molecule has 2 aromatic rings. The molecule has 5 heteroatoms. The van der Waals surface area contributed by atoms with Crippen LogP contribution in [0.1, 0.15) is 43.5 Å². The van der Waals surface area contributed by atoms with Gasteiger partial charge in [0.1, 0.15) is 0 Å². The molecule has 1 aliphatic heterocycles. The maximum atomic E-state index is 13.2. The van der Waals surface area contributed by atoms with Crippen LogP contribution in [-0.4, -0.2) is 31.6 Å². The van der Waals surface area contributed by atoms with Crippen molar-refractivity contribution in [3.05, 3.63) is 58.1 Å². The Morgan fingerprint density at radius 1 is 1.07 bits per heavy atom. The molecule has 0 fully saturated rings. The number of carbonyl (C=O) groups is 1. The van der Waals surface area contributed by atoms with Crippen molar-refractivity contribution in [2.24, 2.45) is 5.41 Å². The van der Waals surface area contributed by atoms with Gasteiger partial charge in [0.2, 0.25) is 5.91 Å². The first-order chi connectivity index (χ1) is 12.8. The number of methoxy groups -OCH3 is 2. The van der Waals surface area contributed by atoms with Crippen molar-refractivity contribution in [3.63, 3.8) is 0 Å². The van der Waals surface area contributed by atoms with Crippen LogP contribution in [0.25, 0.3) is 0 Å². The summed E-state index contributed by atoms with van der Waals surface area (Å²) in [5.74, 6) is 1.45. The van der Waals surface area contributed by atoms with E-state index in [0.717, 1.165) is 23.1 Å². The van der Waals surface area contributed by atoms with E-state index in [-0.39, 0.29) is 11.9 Å². The minimum atomic E-state index is -0.479. The molecule has 1 atom stereocenters. The van der Waals surface area contributed by atoms with E-state index in [4.69, 9.17) is 21.1 Å². The minimum absolute atomic E-state index is 0.104. The van der Waals surface area contributed by atoms with Gasteiger partial charge in [-0.2, -0.15) is 0 Å². The van der Waals surface area contributed by atoms with Crippen LogP contribution in [-0.2, 0) is 11.2 Å². The fraction of sp³-hybridized carbons (Fsp3) is 0.409. The summed E-state index contributed by atoms with van der Waals surface area (Å²) in [5, 5.41) is 0.650. The van der Waals surface area contributed by atoms with Gasteiger partial charge in [0, 0.05) is 17.0 Å². The van der Waals surface area contributed by atoms with Crippen LogP contribution in [0.15, 0.2) is 36.4 Å². The Balaban J connectivity index is 2.21. The lowest BCUT2D eigenvalue weighted by Gasteiger charge is -2.41. The molecule has 0 N–H and O–H groups in total. The lowest BCUT2D eigenvalue weighted by Crippen LogP contribution is -2.45. The molecular weight excluding hydrogens is 362 g/mol. The van der Waals surface area contributed by atoms with Crippen LogP contribution in [0.3, 0.4) is 0 Å². The number of amides is 1. The van der Waals surface area contributed by atoms with Crippen LogP contribution < -0.4 is 9.47 Å². The van der Waals surface area contributed by atoms with Crippen molar-refractivity contribution in [2.75, 3.05) is 20.8 Å². The van der Waals surface area contributed by atoms with E-state index >= 15 is 0 Å². The molecule has 3 rings (SSSR count). The molecule has 0 bridgehead atoms. The van der Waals surface area contributed by atoms with E-state index < -0.39 is 5.41 Å². The molecule has 0 radical (unpaired) electrons. The van der Waals surface area contributed by atoms with Gasteiger partial charge < -0.3 is 14.4 Å². The Hall–Kier alpha value is -2.20. The maximum Gasteiger partial charge on any atom is 0.228 e. The Morgan fingerprint density at radius 3 is 2.30 bits per heavy atom. The summed E-state index contributed by atoms with van der Waals surface area (Å²) in [6.07, 6.45) is 0.762. The normalized spacial score (nSPS) is 16.7. The molecular formula is C22H26ClNO3. The lowest BCUT2D eigenvalue weighted by atomic mass is 9.85.